The molecule has 0 radical (unpaired) electrons. The first-order valence-electron chi connectivity index (χ1n) is 5.27. The normalized spacial score (nSPS) is 10.6. The van der Waals surface area contributed by atoms with Crippen LogP contribution in [0.4, 0.5) is 5.69 Å². The molecule has 0 amide bonds. The highest BCUT2D eigenvalue weighted by atomic mass is 35.5. The van der Waals surface area contributed by atoms with Crippen LogP contribution in [-0.2, 0) is 5.88 Å². The average molecular weight is 267 g/mol. The van der Waals surface area contributed by atoms with Gasteiger partial charge in [0.2, 0.25) is 0 Å². The maximum atomic E-state index is 11.1. The monoisotopic (exact) mass is 266 g/mol. The fourth-order valence-corrected chi connectivity index (χ4v) is 1.89. The van der Waals surface area contributed by atoms with Crippen LogP contribution in [0, 0.1) is 24.0 Å². The van der Waals surface area contributed by atoms with Crippen molar-refractivity contribution in [2.24, 2.45) is 0 Å². The van der Waals surface area contributed by atoms with Crippen molar-refractivity contribution < 1.29 is 4.92 Å². The standard InChI is InChI=1S/C11H11ClN4O2/c1-7-13-8(2)15(14-7)10-4-3-9(6-12)5-11(10)16(17)18/h3-5H,6H2,1-2H3. The number of hydrogen-bond donors (Lipinski definition) is 0. The lowest BCUT2D eigenvalue weighted by Gasteiger charge is -2.05. The van der Waals surface area contributed by atoms with E-state index in [1.165, 1.54) is 10.7 Å². The van der Waals surface area contributed by atoms with E-state index in [9.17, 15) is 10.1 Å². The molecule has 94 valence electrons. The maximum absolute atomic E-state index is 11.1. The Kier molecular flexibility index (Phi) is 3.29. The Morgan fingerprint density at radius 3 is 2.67 bits per heavy atom. The molecule has 0 aliphatic carbocycles. The highest BCUT2D eigenvalue weighted by Gasteiger charge is 2.18. The number of alkyl halides is 1. The summed E-state index contributed by atoms with van der Waals surface area (Å²) in [7, 11) is 0. The number of aryl methyl sites for hydroxylation is 2. The summed E-state index contributed by atoms with van der Waals surface area (Å²) in [6.07, 6.45) is 0. The van der Waals surface area contributed by atoms with E-state index in [0.717, 1.165) is 0 Å². The Bertz CT molecular complexity index is 609. The Labute approximate surface area is 108 Å². The van der Waals surface area contributed by atoms with E-state index in [1.807, 2.05) is 0 Å². The lowest BCUT2D eigenvalue weighted by molar-refractivity contribution is -0.384. The van der Waals surface area contributed by atoms with Gasteiger partial charge in [0, 0.05) is 11.9 Å². The van der Waals surface area contributed by atoms with E-state index in [1.54, 1.807) is 26.0 Å². The number of rotatable bonds is 3. The first kappa shape index (κ1) is 12.5. The van der Waals surface area contributed by atoms with E-state index in [-0.39, 0.29) is 11.6 Å². The third kappa shape index (κ3) is 2.19. The average Bonchev–Trinajstić information content (AvgIpc) is 2.67. The molecule has 0 saturated carbocycles. The third-order valence-corrected chi connectivity index (χ3v) is 2.80. The molecule has 18 heavy (non-hydrogen) atoms. The van der Waals surface area contributed by atoms with Gasteiger partial charge in [0.15, 0.2) is 0 Å². The fourth-order valence-electron chi connectivity index (χ4n) is 1.73. The van der Waals surface area contributed by atoms with Crippen LogP contribution in [-0.4, -0.2) is 19.7 Å². The van der Waals surface area contributed by atoms with Crippen LogP contribution in [0.25, 0.3) is 5.69 Å². The highest BCUT2D eigenvalue weighted by molar-refractivity contribution is 6.17. The van der Waals surface area contributed by atoms with E-state index < -0.39 is 4.92 Å². The van der Waals surface area contributed by atoms with Gasteiger partial charge in [-0.25, -0.2) is 9.67 Å². The van der Waals surface area contributed by atoms with Gasteiger partial charge in [0.1, 0.15) is 17.3 Å². The smallest absolute Gasteiger partial charge is 0.258 e. The first-order chi connectivity index (χ1) is 8.52. The summed E-state index contributed by atoms with van der Waals surface area (Å²) in [6.45, 7) is 3.49. The quantitative estimate of drug-likeness (QED) is 0.486. The van der Waals surface area contributed by atoms with E-state index >= 15 is 0 Å². The number of nitro groups is 1. The largest absolute Gasteiger partial charge is 0.295 e. The van der Waals surface area contributed by atoms with Gasteiger partial charge in [-0.1, -0.05) is 6.07 Å². The minimum atomic E-state index is -0.443. The summed E-state index contributed by atoms with van der Waals surface area (Å²) in [6, 6.07) is 4.83. The molecular weight excluding hydrogens is 256 g/mol. The van der Waals surface area contributed by atoms with Crippen LogP contribution in [0.5, 0.6) is 0 Å². The maximum Gasteiger partial charge on any atom is 0.295 e. The summed E-state index contributed by atoms with van der Waals surface area (Å²) in [4.78, 5) is 14.8. The second-order valence-electron chi connectivity index (χ2n) is 3.83. The van der Waals surface area contributed by atoms with Gasteiger partial charge in [-0.05, 0) is 25.5 Å². The molecule has 0 unspecified atom stereocenters. The Morgan fingerprint density at radius 1 is 1.44 bits per heavy atom. The Morgan fingerprint density at radius 2 is 2.17 bits per heavy atom. The molecule has 1 aromatic carbocycles. The van der Waals surface area contributed by atoms with Gasteiger partial charge in [0.05, 0.1) is 4.92 Å². The van der Waals surface area contributed by atoms with Crippen molar-refractivity contribution >= 4 is 17.3 Å². The number of nitro benzene ring substituents is 1. The van der Waals surface area contributed by atoms with Gasteiger partial charge in [0.25, 0.3) is 5.69 Å². The molecule has 0 aliphatic heterocycles. The molecule has 0 fully saturated rings. The minimum Gasteiger partial charge on any atom is -0.258 e. The van der Waals surface area contributed by atoms with Crippen LogP contribution < -0.4 is 0 Å². The molecule has 1 aromatic heterocycles. The van der Waals surface area contributed by atoms with Gasteiger partial charge in [-0.15, -0.1) is 11.6 Å². The topological polar surface area (TPSA) is 73.8 Å². The highest BCUT2D eigenvalue weighted by Crippen LogP contribution is 2.25. The summed E-state index contributed by atoms with van der Waals surface area (Å²) in [5, 5.41) is 15.2. The van der Waals surface area contributed by atoms with Crippen molar-refractivity contribution in [3.8, 4) is 5.69 Å². The van der Waals surface area contributed by atoms with Crippen LogP contribution in [0.1, 0.15) is 17.2 Å². The zero-order valence-electron chi connectivity index (χ0n) is 9.92. The molecule has 0 saturated heterocycles. The van der Waals surface area contributed by atoms with E-state index in [2.05, 4.69) is 10.1 Å². The minimum absolute atomic E-state index is 0.0267. The molecule has 0 spiro atoms. The zero-order valence-corrected chi connectivity index (χ0v) is 10.7. The summed E-state index contributed by atoms with van der Waals surface area (Å²) in [5.41, 5.74) is 1.06. The first-order valence-corrected chi connectivity index (χ1v) is 5.80. The van der Waals surface area contributed by atoms with Crippen molar-refractivity contribution in [2.75, 3.05) is 0 Å². The van der Waals surface area contributed by atoms with Crippen molar-refractivity contribution in [3.63, 3.8) is 0 Å². The number of hydrogen-bond acceptors (Lipinski definition) is 4. The predicted octanol–water partition coefficient (Wildman–Crippen LogP) is 2.53. The van der Waals surface area contributed by atoms with Crippen LogP contribution in [0.15, 0.2) is 18.2 Å². The number of nitrogens with zero attached hydrogens (tertiary/aromatic N) is 4. The molecule has 2 aromatic rings. The van der Waals surface area contributed by atoms with Crippen LogP contribution in [0.3, 0.4) is 0 Å². The molecule has 1 heterocycles. The van der Waals surface area contributed by atoms with Crippen molar-refractivity contribution in [2.45, 2.75) is 19.7 Å². The predicted molar refractivity (Wildman–Crippen MR) is 67.0 cm³/mol. The molecule has 0 bridgehead atoms. The number of benzene rings is 1. The molecule has 6 nitrogen and oxygen atoms in total. The molecule has 0 N–H and O–H groups in total. The third-order valence-electron chi connectivity index (χ3n) is 2.49. The molecule has 0 atom stereocenters. The van der Waals surface area contributed by atoms with Crippen molar-refractivity contribution in [3.05, 3.63) is 45.5 Å². The van der Waals surface area contributed by atoms with Gasteiger partial charge in [-0.2, -0.15) is 5.10 Å². The van der Waals surface area contributed by atoms with Crippen molar-refractivity contribution in [1.29, 1.82) is 0 Å². The second kappa shape index (κ2) is 4.73. The fraction of sp³-hybridized carbons (Fsp3) is 0.273. The molecular formula is C11H11ClN4O2. The molecule has 7 heteroatoms. The van der Waals surface area contributed by atoms with Gasteiger partial charge < -0.3 is 0 Å². The van der Waals surface area contributed by atoms with Crippen LogP contribution in [0.2, 0.25) is 0 Å². The van der Waals surface area contributed by atoms with Crippen molar-refractivity contribution in [1.82, 2.24) is 14.8 Å². The van der Waals surface area contributed by atoms with Gasteiger partial charge in [-0.3, -0.25) is 10.1 Å². The Hall–Kier alpha value is -1.95. The summed E-state index contributed by atoms with van der Waals surface area (Å²) in [5.74, 6) is 1.41. The zero-order chi connectivity index (χ0) is 13.3. The number of halogens is 1. The number of aromatic nitrogens is 3. The van der Waals surface area contributed by atoms with Gasteiger partial charge >= 0.3 is 0 Å². The summed E-state index contributed by atoms with van der Waals surface area (Å²) < 4.78 is 1.46. The summed E-state index contributed by atoms with van der Waals surface area (Å²) >= 11 is 5.68. The van der Waals surface area contributed by atoms with E-state index in [4.69, 9.17) is 11.6 Å². The van der Waals surface area contributed by atoms with Crippen LogP contribution >= 0.6 is 11.6 Å². The SMILES string of the molecule is Cc1nc(C)n(-c2ccc(CCl)cc2[N+](=O)[O-])n1. The van der Waals surface area contributed by atoms with E-state index in [0.29, 0.717) is 22.9 Å². The lowest BCUT2D eigenvalue weighted by Crippen LogP contribution is -2.04. The molecule has 0 aliphatic rings. The lowest BCUT2D eigenvalue weighted by atomic mass is 10.2. The molecule has 2 rings (SSSR count). The second-order valence-corrected chi connectivity index (χ2v) is 4.10. The Balaban J connectivity index is 2.63.